The molecule has 2 nitrogen and oxygen atoms in total. The first-order valence-electron chi connectivity index (χ1n) is 7.05. The molecule has 0 unspecified atom stereocenters. The fraction of sp³-hybridized carbons (Fsp3) is 0.222. The average molecular weight is 301 g/mol. The summed E-state index contributed by atoms with van der Waals surface area (Å²) in [4.78, 5) is 16.0. The smallest absolute Gasteiger partial charge is 0.186 e. The summed E-state index contributed by atoms with van der Waals surface area (Å²) in [6.45, 7) is 9.74. The monoisotopic (exact) mass is 301 g/mol. The number of ketones is 1. The van der Waals surface area contributed by atoms with Gasteiger partial charge in [0.1, 0.15) is 0 Å². The number of carbonyl (C=O) groups is 1. The van der Waals surface area contributed by atoms with Crippen molar-refractivity contribution in [3.05, 3.63) is 72.3 Å². The van der Waals surface area contributed by atoms with Crippen molar-refractivity contribution in [3.63, 3.8) is 0 Å². The second-order valence-electron chi connectivity index (χ2n) is 3.62. The summed E-state index contributed by atoms with van der Waals surface area (Å²) in [7, 11) is 0. The maximum absolute atomic E-state index is 11.8. The standard InChI is InChI=1S/C16H17NOS.C2H6/c1-3-5-12-17-16(4-2)19-13-11-15(18)14-9-7-6-8-10-14;1-2/h4-13H,2-3H2,1H3;1-2H3/b12-5-,13-11+,17-16?;. The number of hydrogen-bond donors (Lipinski definition) is 0. The Bertz CT molecular complexity index is 501. The number of hydrogen-bond acceptors (Lipinski definition) is 3. The Morgan fingerprint density at radius 2 is 1.95 bits per heavy atom. The molecule has 0 spiro atoms. The van der Waals surface area contributed by atoms with Gasteiger partial charge in [0.25, 0.3) is 0 Å². The van der Waals surface area contributed by atoms with Crippen LogP contribution in [0.3, 0.4) is 0 Å². The minimum Gasteiger partial charge on any atom is -0.289 e. The minimum atomic E-state index is -0.0133. The van der Waals surface area contributed by atoms with Gasteiger partial charge in [-0.25, -0.2) is 4.99 Å². The van der Waals surface area contributed by atoms with Crippen molar-refractivity contribution in [3.8, 4) is 0 Å². The van der Waals surface area contributed by atoms with Gasteiger partial charge in [-0.05, 0) is 24.0 Å². The molecule has 1 aromatic carbocycles. The van der Waals surface area contributed by atoms with Crippen LogP contribution in [0.25, 0.3) is 0 Å². The Morgan fingerprint density at radius 3 is 2.52 bits per heavy atom. The predicted molar refractivity (Wildman–Crippen MR) is 95.9 cm³/mol. The van der Waals surface area contributed by atoms with E-state index in [0.29, 0.717) is 5.56 Å². The van der Waals surface area contributed by atoms with Crippen LogP contribution in [0.5, 0.6) is 0 Å². The molecule has 0 heterocycles. The van der Waals surface area contributed by atoms with E-state index >= 15 is 0 Å². The van der Waals surface area contributed by atoms with E-state index in [1.165, 1.54) is 11.8 Å². The number of allylic oxidation sites excluding steroid dienone is 2. The van der Waals surface area contributed by atoms with Crippen molar-refractivity contribution in [2.75, 3.05) is 0 Å². The van der Waals surface area contributed by atoms with Crippen molar-refractivity contribution in [1.82, 2.24) is 0 Å². The van der Waals surface area contributed by atoms with Crippen LogP contribution in [0.4, 0.5) is 0 Å². The molecule has 0 N–H and O–H groups in total. The van der Waals surface area contributed by atoms with Crippen LogP contribution in [0.15, 0.2) is 71.7 Å². The molecule has 112 valence electrons. The lowest BCUT2D eigenvalue weighted by Crippen LogP contribution is -1.92. The van der Waals surface area contributed by atoms with E-state index in [1.54, 1.807) is 35.9 Å². The number of carbonyl (C=O) groups excluding carboxylic acids is 1. The van der Waals surface area contributed by atoms with E-state index in [9.17, 15) is 4.79 Å². The van der Waals surface area contributed by atoms with Crippen molar-refractivity contribution >= 4 is 22.6 Å². The Kier molecular flexibility index (Phi) is 12.0. The van der Waals surface area contributed by atoms with E-state index in [1.807, 2.05) is 45.0 Å². The van der Waals surface area contributed by atoms with Crippen LogP contribution < -0.4 is 0 Å². The largest absolute Gasteiger partial charge is 0.289 e. The molecule has 0 saturated carbocycles. The Morgan fingerprint density at radius 1 is 1.29 bits per heavy atom. The Labute approximate surface area is 132 Å². The minimum absolute atomic E-state index is 0.0133. The highest BCUT2D eigenvalue weighted by Gasteiger charge is 1.99. The van der Waals surface area contributed by atoms with Gasteiger partial charge in [-0.15, -0.1) is 0 Å². The summed E-state index contributed by atoms with van der Waals surface area (Å²) in [5.41, 5.74) is 0.683. The van der Waals surface area contributed by atoms with E-state index < -0.39 is 0 Å². The topological polar surface area (TPSA) is 29.4 Å². The molecule has 1 rings (SSSR count). The highest BCUT2D eigenvalue weighted by atomic mass is 32.2. The number of thioether (sulfide) groups is 1. The summed E-state index contributed by atoms with van der Waals surface area (Å²) >= 11 is 1.37. The molecule has 0 amide bonds. The fourth-order valence-electron chi connectivity index (χ4n) is 1.23. The number of benzene rings is 1. The van der Waals surface area contributed by atoms with Crippen LogP contribution in [0.1, 0.15) is 37.6 Å². The highest BCUT2D eigenvalue weighted by molar-refractivity contribution is 8.16. The van der Waals surface area contributed by atoms with Gasteiger partial charge in [0.15, 0.2) is 5.78 Å². The first-order valence-corrected chi connectivity index (χ1v) is 7.93. The molecule has 0 saturated heterocycles. The number of aliphatic imine (C=N–C) groups is 1. The lowest BCUT2D eigenvalue weighted by molar-refractivity contribution is 0.104. The molecule has 0 aliphatic carbocycles. The zero-order valence-electron chi connectivity index (χ0n) is 13.0. The molecule has 0 aliphatic heterocycles. The van der Waals surface area contributed by atoms with Crippen molar-refractivity contribution in [2.24, 2.45) is 4.99 Å². The van der Waals surface area contributed by atoms with Gasteiger partial charge >= 0.3 is 0 Å². The van der Waals surface area contributed by atoms with Crippen LogP contribution in [-0.2, 0) is 0 Å². The molecule has 0 fully saturated rings. The van der Waals surface area contributed by atoms with E-state index in [0.717, 1.165) is 11.5 Å². The molecule has 0 aromatic heterocycles. The second kappa shape index (κ2) is 13.1. The fourth-order valence-corrected chi connectivity index (χ4v) is 1.78. The second-order valence-corrected chi connectivity index (χ2v) is 4.54. The zero-order valence-corrected chi connectivity index (χ0v) is 13.8. The van der Waals surface area contributed by atoms with Gasteiger partial charge in [0, 0.05) is 11.8 Å². The summed E-state index contributed by atoms with van der Waals surface area (Å²) in [6.07, 6.45) is 7.87. The van der Waals surface area contributed by atoms with Gasteiger partial charge < -0.3 is 0 Å². The molecule has 0 bridgehead atoms. The first-order chi connectivity index (χ1) is 10.3. The van der Waals surface area contributed by atoms with Crippen LogP contribution in [0, 0.1) is 0 Å². The predicted octanol–water partition coefficient (Wildman–Crippen LogP) is 5.65. The van der Waals surface area contributed by atoms with Gasteiger partial charge in [-0.1, -0.05) is 75.5 Å². The zero-order chi connectivity index (χ0) is 15.9. The van der Waals surface area contributed by atoms with Gasteiger partial charge in [-0.2, -0.15) is 0 Å². The van der Waals surface area contributed by atoms with Crippen LogP contribution >= 0.6 is 11.8 Å². The molecule has 0 aliphatic rings. The van der Waals surface area contributed by atoms with Crippen molar-refractivity contribution in [1.29, 1.82) is 0 Å². The summed E-state index contributed by atoms with van der Waals surface area (Å²) in [5, 5.41) is 2.50. The summed E-state index contributed by atoms with van der Waals surface area (Å²) in [5.74, 6) is -0.0133. The molecule has 1 aromatic rings. The number of rotatable bonds is 6. The molecule has 3 heteroatoms. The normalized spacial score (nSPS) is 11.3. The van der Waals surface area contributed by atoms with E-state index in [-0.39, 0.29) is 5.78 Å². The average Bonchev–Trinajstić information content (AvgIpc) is 2.56. The Balaban J connectivity index is 0.00000191. The lowest BCUT2D eigenvalue weighted by Gasteiger charge is -1.95. The SMILES string of the molecule is C=CC(=N/C=C\CC)S/C=C/C(=O)c1ccccc1.CC. The number of nitrogens with zero attached hydrogens (tertiary/aromatic N) is 1. The van der Waals surface area contributed by atoms with Crippen LogP contribution in [0.2, 0.25) is 0 Å². The summed E-state index contributed by atoms with van der Waals surface area (Å²) in [6, 6.07) is 9.17. The van der Waals surface area contributed by atoms with Gasteiger partial charge in [-0.3, -0.25) is 4.79 Å². The molecular formula is C18H23NOS. The van der Waals surface area contributed by atoms with Gasteiger partial charge in [0.2, 0.25) is 0 Å². The highest BCUT2D eigenvalue weighted by Crippen LogP contribution is 2.09. The first kappa shape index (κ1) is 19.1. The maximum atomic E-state index is 11.8. The lowest BCUT2D eigenvalue weighted by atomic mass is 10.1. The molecule has 0 atom stereocenters. The third-order valence-corrected chi connectivity index (χ3v) is 2.97. The van der Waals surface area contributed by atoms with Crippen molar-refractivity contribution in [2.45, 2.75) is 27.2 Å². The quantitative estimate of drug-likeness (QED) is 0.294. The van der Waals surface area contributed by atoms with Gasteiger partial charge in [0.05, 0.1) is 5.04 Å². The molecule has 21 heavy (non-hydrogen) atoms. The van der Waals surface area contributed by atoms with E-state index in [2.05, 4.69) is 11.6 Å². The Hall–Kier alpha value is -1.87. The van der Waals surface area contributed by atoms with Crippen molar-refractivity contribution < 1.29 is 4.79 Å². The van der Waals surface area contributed by atoms with E-state index in [4.69, 9.17) is 0 Å². The molecule has 0 radical (unpaired) electrons. The molecular weight excluding hydrogens is 278 g/mol. The third-order valence-electron chi connectivity index (χ3n) is 2.18. The third kappa shape index (κ3) is 8.82. The van der Waals surface area contributed by atoms with Crippen LogP contribution in [-0.4, -0.2) is 10.8 Å². The maximum Gasteiger partial charge on any atom is 0.186 e. The summed E-state index contributed by atoms with van der Waals surface area (Å²) < 4.78 is 0.